The van der Waals surface area contributed by atoms with E-state index in [9.17, 15) is 36.2 Å². The van der Waals surface area contributed by atoms with Crippen LogP contribution in [0.4, 0.5) is 26.3 Å². The third-order valence-electron chi connectivity index (χ3n) is 2.22. The van der Waals surface area contributed by atoms with E-state index in [0.717, 1.165) is 0 Å². The number of esters is 1. The smallest absolute Gasteiger partial charge is 0.503 e. The molecule has 1 rings (SSSR count). The highest BCUT2D eigenvalue weighted by Gasteiger charge is 2.42. The summed E-state index contributed by atoms with van der Waals surface area (Å²) in [6, 6.07) is 0. The maximum absolute atomic E-state index is 12.6. The van der Waals surface area contributed by atoms with Crippen molar-refractivity contribution in [2.45, 2.75) is 25.9 Å². The van der Waals surface area contributed by atoms with E-state index in [1.165, 1.54) is 6.92 Å². The van der Waals surface area contributed by atoms with E-state index in [1.807, 2.05) is 0 Å². The molecule has 22 heavy (non-hydrogen) atoms. The maximum atomic E-state index is 12.6. The number of rotatable bonds is 4. The van der Waals surface area contributed by atoms with Crippen LogP contribution in [0.15, 0.2) is 6.20 Å². The number of aromatic hydroxyl groups is 1. The second kappa shape index (κ2) is 6.28. The predicted molar refractivity (Wildman–Crippen MR) is 57.9 cm³/mol. The van der Waals surface area contributed by atoms with Gasteiger partial charge in [-0.25, -0.2) is 0 Å². The summed E-state index contributed by atoms with van der Waals surface area (Å²) in [6.07, 6.45) is -11.5. The Morgan fingerprint density at radius 3 is 2.32 bits per heavy atom. The molecular formula is C11H9F6NO4. The first-order valence-corrected chi connectivity index (χ1v) is 5.65. The van der Waals surface area contributed by atoms with Crippen LogP contribution in [0.1, 0.15) is 18.2 Å². The van der Waals surface area contributed by atoms with Gasteiger partial charge in [0.15, 0.2) is 11.5 Å². The van der Waals surface area contributed by atoms with Crippen LogP contribution < -0.4 is 4.74 Å². The normalized spacial score (nSPS) is 12.1. The highest BCUT2D eigenvalue weighted by molar-refractivity contribution is 5.73. The summed E-state index contributed by atoms with van der Waals surface area (Å²) in [5, 5.41) is 9.52. The Morgan fingerprint density at radius 2 is 1.86 bits per heavy atom. The van der Waals surface area contributed by atoms with Crippen molar-refractivity contribution in [3.05, 3.63) is 17.5 Å². The molecule has 1 N–H and O–H groups in total. The molecule has 1 aromatic heterocycles. The van der Waals surface area contributed by atoms with Crippen LogP contribution in [-0.2, 0) is 22.1 Å². The van der Waals surface area contributed by atoms with Crippen LogP contribution >= 0.6 is 0 Å². The van der Waals surface area contributed by atoms with Crippen LogP contribution in [0.25, 0.3) is 0 Å². The second-order valence-corrected chi connectivity index (χ2v) is 3.82. The summed E-state index contributed by atoms with van der Waals surface area (Å²) in [5.41, 5.74) is -2.65. The number of ether oxygens (including phenoxy) is 2. The van der Waals surface area contributed by atoms with Crippen LogP contribution in [0.5, 0.6) is 11.5 Å². The standard InChI is InChI=1S/C11H9F6NO4/c1-2-21-7(19)3-6-8(20)9(22-11(15,16)17)5(4-18-6)10(12,13)14/h4,20H,2-3H2,1H3. The lowest BCUT2D eigenvalue weighted by molar-refractivity contribution is -0.276. The Bertz CT molecular complexity index is 555. The van der Waals surface area contributed by atoms with Crippen LogP contribution in [0, 0.1) is 0 Å². The van der Waals surface area contributed by atoms with Crippen molar-refractivity contribution in [1.82, 2.24) is 4.98 Å². The Labute approximate surface area is 119 Å². The first-order chi connectivity index (χ1) is 9.95. The molecule has 0 fully saturated rings. The van der Waals surface area contributed by atoms with E-state index < -0.39 is 47.7 Å². The summed E-state index contributed by atoms with van der Waals surface area (Å²) in [4.78, 5) is 14.3. The minimum Gasteiger partial charge on any atom is -0.503 e. The van der Waals surface area contributed by atoms with Gasteiger partial charge >= 0.3 is 18.5 Å². The van der Waals surface area contributed by atoms with Crippen molar-refractivity contribution in [2.24, 2.45) is 0 Å². The van der Waals surface area contributed by atoms with Crippen LogP contribution in [-0.4, -0.2) is 29.0 Å². The van der Waals surface area contributed by atoms with E-state index in [0.29, 0.717) is 0 Å². The number of hydrogen-bond donors (Lipinski definition) is 1. The number of carbonyl (C=O) groups is 1. The van der Waals surface area contributed by atoms with E-state index in [4.69, 9.17) is 0 Å². The van der Waals surface area contributed by atoms with Gasteiger partial charge in [-0.15, -0.1) is 13.2 Å². The molecule has 0 aromatic carbocycles. The molecule has 0 bridgehead atoms. The number of hydrogen-bond acceptors (Lipinski definition) is 5. The summed E-state index contributed by atoms with van der Waals surface area (Å²) in [5.74, 6) is -4.38. The monoisotopic (exact) mass is 333 g/mol. The Morgan fingerprint density at radius 1 is 1.27 bits per heavy atom. The molecule has 1 heterocycles. The first-order valence-electron chi connectivity index (χ1n) is 5.65. The van der Waals surface area contributed by atoms with Crippen molar-refractivity contribution in [2.75, 3.05) is 6.61 Å². The fourth-order valence-electron chi connectivity index (χ4n) is 1.42. The van der Waals surface area contributed by atoms with Crippen molar-refractivity contribution >= 4 is 5.97 Å². The van der Waals surface area contributed by atoms with Crippen molar-refractivity contribution in [3.8, 4) is 11.5 Å². The largest absolute Gasteiger partial charge is 0.573 e. The van der Waals surface area contributed by atoms with E-state index >= 15 is 0 Å². The summed E-state index contributed by atoms with van der Waals surface area (Å²) < 4.78 is 82.1. The number of carbonyl (C=O) groups excluding carboxylic acids is 1. The fourth-order valence-corrected chi connectivity index (χ4v) is 1.42. The van der Waals surface area contributed by atoms with E-state index in [1.54, 1.807) is 0 Å². The van der Waals surface area contributed by atoms with Gasteiger partial charge < -0.3 is 14.6 Å². The summed E-state index contributed by atoms with van der Waals surface area (Å²) in [6.45, 7) is 1.38. The van der Waals surface area contributed by atoms with Gasteiger partial charge in [0.05, 0.1) is 18.7 Å². The molecule has 11 heteroatoms. The number of alkyl halides is 6. The number of aromatic nitrogens is 1. The van der Waals surface area contributed by atoms with Crippen molar-refractivity contribution < 1.29 is 45.7 Å². The SMILES string of the molecule is CCOC(=O)Cc1ncc(C(F)(F)F)c(OC(F)(F)F)c1O. The topological polar surface area (TPSA) is 68.7 Å². The highest BCUT2D eigenvalue weighted by atomic mass is 19.4. The van der Waals surface area contributed by atoms with E-state index in [-0.39, 0.29) is 12.8 Å². The molecule has 5 nitrogen and oxygen atoms in total. The van der Waals surface area contributed by atoms with Gasteiger partial charge in [0.2, 0.25) is 0 Å². The molecule has 1 aromatic rings. The lowest BCUT2D eigenvalue weighted by atomic mass is 10.1. The minimum atomic E-state index is -5.47. The van der Waals surface area contributed by atoms with Crippen molar-refractivity contribution in [3.63, 3.8) is 0 Å². The van der Waals surface area contributed by atoms with Gasteiger partial charge in [0, 0.05) is 6.20 Å². The number of pyridine rings is 1. The average Bonchev–Trinajstić information content (AvgIpc) is 2.31. The molecule has 0 saturated carbocycles. The summed E-state index contributed by atoms with van der Waals surface area (Å²) in [7, 11) is 0. The lowest BCUT2D eigenvalue weighted by Gasteiger charge is -2.17. The molecule has 0 saturated heterocycles. The predicted octanol–water partition coefficient (Wildman–Crippen LogP) is 2.81. The van der Waals surface area contributed by atoms with Gasteiger partial charge in [-0.2, -0.15) is 13.2 Å². The Hall–Kier alpha value is -2.20. The molecule has 0 aliphatic heterocycles. The Balaban J connectivity index is 3.30. The average molecular weight is 333 g/mol. The molecule has 0 aliphatic carbocycles. The molecular weight excluding hydrogens is 324 g/mol. The van der Waals surface area contributed by atoms with Gasteiger partial charge in [-0.3, -0.25) is 9.78 Å². The van der Waals surface area contributed by atoms with Gasteiger partial charge in [0.25, 0.3) is 0 Å². The first kappa shape index (κ1) is 17.9. The third kappa shape index (κ3) is 4.67. The second-order valence-electron chi connectivity index (χ2n) is 3.82. The zero-order chi connectivity index (χ0) is 17.1. The minimum absolute atomic E-state index is 0.0371. The van der Waals surface area contributed by atoms with Gasteiger partial charge in [0.1, 0.15) is 5.56 Å². The quantitative estimate of drug-likeness (QED) is 0.678. The molecule has 0 amide bonds. The molecule has 0 radical (unpaired) electrons. The highest BCUT2D eigenvalue weighted by Crippen LogP contribution is 2.44. The van der Waals surface area contributed by atoms with Crippen LogP contribution in [0.2, 0.25) is 0 Å². The number of nitrogens with zero attached hydrogens (tertiary/aromatic N) is 1. The molecule has 0 atom stereocenters. The molecule has 0 spiro atoms. The number of halogens is 6. The zero-order valence-corrected chi connectivity index (χ0v) is 10.9. The van der Waals surface area contributed by atoms with Crippen LogP contribution in [0.3, 0.4) is 0 Å². The lowest BCUT2D eigenvalue weighted by Crippen LogP contribution is -2.21. The molecule has 0 aliphatic rings. The Kier molecular flexibility index (Phi) is 5.09. The third-order valence-corrected chi connectivity index (χ3v) is 2.22. The zero-order valence-electron chi connectivity index (χ0n) is 10.9. The molecule has 124 valence electrons. The fraction of sp³-hybridized carbons (Fsp3) is 0.455. The molecule has 0 unspecified atom stereocenters. The summed E-state index contributed by atoms with van der Waals surface area (Å²) >= 11 is 0. The van der Waals surface area contributed by atoms with E-state index in [2.05, 4.69) is 14.5 Å². The maximum Gasteiger partial charge on any atom is 0.573 e. The van der Waals surface area contributed by atoms with Gasteiger partial charge in [-0.1, -0.05) is 0 Å². The van der Waals surface area contributed by atoms with Crippen molar-refractivity contribution in [1.29, 1.82) is 0 Å². The van der Waals surface area contributed by atoms with Gasteiger partial charge in [-0.05, 0) is 6.92 Å².